The standard InChI is InChI=1S/C30H32N2O7S/c1-5-8-17-39-22-15-11-20(12-16-22)25(33)23-24(19-9-13-21(14-10-19)37-6-2)32(28(35)26(23)34)30-31-18(4)27(40-30)29(36)38-7-3/h9-16,24,33H,5-8,17H2,1-4H3/b25-23+. The summed E-state index contributed by atoms with van der Waals surface area (Å²) in [5.74, 6) is -1.33. The van der Waals surface area contributed by atoms with Crippen molar-refractivity contribution in [2.24, 2.45) is 0 Å². The Bertz CT molecular complexity index is 1410. The second kappa shape index (κ2) is 12.8. The van der Waals surface area contributed by atoms with Crippen molar-refractivity contribution < 1.29 is 33.7 Å². The number of benzene rings is 2. The molecule has 0 aliphatic carbocycles. The van der Waals surface area contributed by atoms with E-state index in [1.165, 1.54) is 4.90 Å². The van der Waals surface area contributed by atoms with Gasteiger partial charge >= 0.3 is 11.9 Å². The number of unbranched alkanes of at least 4 members (excludes halogenated alkanes) is 1. The van der Waals surface area contributed by atoms with Crippen molar-refractivity contribution in [2.75, 3.05) is 24.7 Å². The Labute approximate surface area is 237 Å². The van der Waals surface area contributed by atoms with E-state index in [1.807, 2.05) is 6.92 Å². The number of ether oxygens (including phenoxy) is 3. The van der Waals surface area contributed by atoms with Crippen molar-refractivity contribution in [2.45, 2.75) is 46.6 Å². The van der Waals surface area contributed by atoms with Gasteiger partial charge in [-0.05, 0) is 69.2 Å². The van der Waals surface area contributed by atoms with E-state index < -0.39 is 23.7 Å². The lowest BCUT2D eigenvalue weighted by Crippen LogP contribution is -2.29. The molecule has 2 aromatic carbocycles. The highest BCUT2D eigenvalue weighted by atomic mass is 32.1. The molecular formula is C30H32N2O7S. The first-order chi connectivity index (χ1) is 19.3. The largest absolute Gasteiger partial charge is 0.507 e. The van der Waals surface area contributed by atoms with Crippen LogP contribution >= 0.6 is 11.3 Å². The van der Waals surface area contributed by atoms with Gasteiger partial charge in [-0.2, -0.15) is 0 Å². The summed E-state index contributed by atoms with van der Waals surface area (Å²) >= 11 is 0.963. The fourth-order valence-corrected chi connectivity index (χ4v) is 5.32. The van der Waals surface area contributed by atoms with Crippen LogP contribution in [0.4, 0.5) is 5.13 Å². The van der Waals surface area contributed by atoms with Gasteiger partial charge in [0.15, 0.2) is 5.13 Å². The van der Waals surface area contributed by atoms with Gasteiger partial charge in [-0.25, -0.2) is 9.78 Å². The molecule has 1 unspecified atom stereocenters. The van der Waals surface area contributed by atoms with Crippen molar-refractivity contribution in [3.8, 4) is 11.5 Å². The van der Waals surface area contributed by atoms with Gasteiger partial charge in [0.2, 0.25) is 0 Å². The maximum absolute atomic E-state index is 13.5. The summed E-state index contributed by atoms with van der Waals surface area (Å²) in [5, 5.41) is 11.5. The summed E-state index contributed by atoms with van der Waals surface area (Å²) in [6.07, 6.45) is 1.92. The monoisotopic (exact) mass is 564 g/mol. The number of amides is 1. The maximum Gasteiger partial charge on any atom is 0.350 e. The number of rotatable bonds is 11. The molecule has 210 valence electrons. The third-order valence-corrected chi connectivity index (χ3v) is 7.43. The summed E-state index contributed by atoms with van der Waals surface area (Å²) in [6.45, 7) is 8.52. The van der Waals surface area contributed by atoms with Crippen LogP contribution in [-0.2, 0) is 14.3 Å². The zero-order valence-electron chi connectivity index (χ0n) is 22.9. The molecule has 2 heterocycles. The minimum Gasteiger partial charge on any atom is -0.507 e. The van der Waals surface area contributed by atoms with Crippen molar-refractivity contribution in [1.29, 1.82) is 0 Å². The van der Waals surface area contributed by atoms with Crippen LogP contribution in [0.3, 0.4) is 0 Å². The minimum atomic E-state index is -0.989. The molecule has 0 saturated carbocycles. The molecule has 1 saturated heterocycles. The van der Waals surface area contributed by atoms with Crippen molar-refractivity contribution >= 4 is 39.9 Å². The van der Waals surface area contributed by atoms with Crippen LogP contribution in [0.25, 0.3) is 5.76 Å². The Morgan fingerprint density at radius 3 is 2.25 bits per heavy atom. The number of thiazole rings is 1. The summed E-state index contributed by atoms with van der Waals surface area (Å²) in [7, 11) is 0. The lowest BCUT2D eigenvalue weighted by molar-refractivity contribution is -0.132. The smallest absolute Gasteiger partial charge is 0.350 e. The number of aryl methyl sites for hydroxylation is 1. The molecule has 1 amide bonds. The molecule has 4 rings (SSSR count). The van der Waals surface area contributed by atoms with Crippen LogP contribution in [0.1, 0.15) is 66.1 Å². The third kappa shape index (κ3) is 5.86. The Morgan fingerprint density at radius 1 is 0.975 bits per heavy atom. The van der Waals surface area contributed by atoms with E-state index in [4.69, 9.17) is 14.2 Å². The highest BCUT2D eigenvalue weighted by Crippen LogP contribution is 2.44. The van der Waals surface area contributed by atoms with Crippen molar-refractivity contribution in [3.63, 3.8) is 0 Å². The van der Waals surface area contributed by atoms with Crippen molar-refractivity contribution in [3.05, 3.63) is 75.8 Å². The second-order valence-corrected chi connectivity index (χ2v) is 10.0. The number of hydrogen-bond acceptors (Lipinski definition) is 9. The van der Waals surface area contributed by atoms with Gasteiger partial charge < -0.3 is 19.3 Å². The number of esters is 1. The van der Waals surface area contributed by atoms with Gasteiger partial charge in [0.25, 0.3) is 5.78 Å². The molecule has 1 N–H and O–H groups in total. The average Bonchev–Trinajstić information content (AvgIpc) is 3.46. The van der Waals surface area contributed by atoms with E-state index in [0.717, 1.165) is 24.2 Å². The zero-order chi connectivity index (χ0) is 28.8. The van der Waals surface area contributed by atoms with Crippen molar-refractivity contribution in [1.82, 2.24) is 4.98 Å². The summed E-state index contributed by atoms with van der Waals surface area (Å²) in [6, 6.07) is 12.7. The van der Waals surface area contributed by atoms with Crippen LogP contribution in [0.2, 0.25) is 0 Å². The van der Waals surface area contributed by atoms with Crippen LogP contribution in [0.5, 0.6) is 11.5 Å². The number of aromatic nitrogens is 1. The Hall–Kier alpha value is -4.18. The van der Waals surface area contributed by atoms with Crippen LogP contribution in [0, 0.1) is 6.92 Å². The molecule has 9 nitrogen and oxygen atoms in total. The van der Waals surface area contributed by atoms with Gasteiger partial charge in [-0.1, -0.05) is 36.8 Å². The number of aliphatic hydroxyl groups excluding tert-OH is 1. The first-order valence-corrected chi connectivity index (χ1v) is 14.0. The molecular weight excluding hydrogens is 532 g/mol. The van der Waals surface area contributed by atoms with E-state index in [-0.39, 0.29) is 27.9 Å². The Kier molecular flexibility index (Phi) is 9.21. The summed E-state index contributed by atoms with van der Waals surface area (Å²) < 4.78 is 16.4. The molecule has 0 radical (unpaired) electrons. The highest BCUT2D eigenvalue weighted by Gasteiger charge is 2.48. The quantitative estimate of drug-likeness (QED) is 0.102. The third-order valence-electron chi connectivity index (χ3n) is 6.30. The van der Waals surface area contributed by atoms with E-state index in [2.05, 4.69) is 11.9 Å². The molecule has 10 heteroatoms. The van der Waals surface area contributed by atoms with Gasteiger partial charge in [-0.3, -0.25) is 14.5 Å². The normalized spacial score (nSPS) is 16.3. The predicted molar refractivity (Wildman–Crippen MR) is 152 cm³/mol. The molecule has 1 aromatic heterocycles. The molecule has 40 heavy (non-hydrogen) atoms. The lowest BCUT2D eigenvalue weighted by Gasteiger charge is -2.23. The number of carbonyl (C=O) groups excluding carboxylic acids is 3. The van der Waals surface area contributed by atoms with Gasteiger partial charge in [0.05, 0.1) is 37.1 Å². The molecule has 0 bridgehead atoms. The molecule has 1 atom stereocenters. The summed E-state index contributed by atoms with van der Waals surface area (Å²) in [4.78, 5) is 45.3. The van der Waals surface area contributed by atoms with Crippen LogP contribution < -0.4 is 14.4 Å². The topological polar surface area (TPSA) is 115 Å². The average molecular weight is 565 g/mol. The molecule has 1 aliphatic rings. The van der Waals surface area contributed by atoms with Crippen LogP contribution in [0.15, 0.2) is 54.1 Å². The van der Waals surface area contributed by atoms with Crippen LogP contribution in [-0.4, -0.2) is 47.6 Å². The molecule has 3 aromatic rings. The minimum absolute atomic E-state index is 0.0839. The first kappa shape index (κ1) is 28.8. The van der Waals surface area contributed by atoms with Gasteiger partial charge in [0, 0.05) is 5.56 Å². The number of carbonyl (C=O) groups is 3. The van der Waals surface area contributed by atoms with E-state index in [9.17, 15) is 19.5 Å². The van der Waals surface area contributed by atoms with E-state index in [0.29, 0.717) is 41.5 Å². The fourth-order valence-electron chi connectivity index (χ4n) is 4.33. The lowest BCUT2D eigenvalue weighted by atomic mass is 9.95. The SMILES string of the molecule is CCCCOc1ccc(/C(O)=C2\C(=O)C(=O)N(c3nc(C)c(C(=O)OCC)s3)C2c2ccc(OCC)cc2)cc1. The van der Waals surface area contributed by atoms with Gasteiger partial charge in [0.1, 0.15) is 22.1 Å². The summed E-state index contributed by atoms with van der Waals surface area (Å²) in [5.41, 5.74) is 1.22. The highest BCUT2D eigenvalue weighted by molar-refractivity contribution is 7.17. The molecule has 1 aliphatic heterocycles. The number of aliphatic hydroxyl groups is 1. The first-order valence-electron chi connectivity index (χ1n) is 13.2. The van der Waals surface area contributed by atoms with Gasteiger partial charge in [-0.15, -0.1) is 0 Å². The zero-order valence-corrected chi connectivity index (χ0v) is 23.7. The predicted octanol–water partition coefficient (Wildman–Crippen LogP) is 5.83. The van der Waals surface area contributed by atoms with E-state index >= 15 is 0 Å². The number of nitrogens with zero attached hydrogens (tertiary/aromatic N) is 2. The molecule has 0 spiro atoms. The number of anilines is 1. The Balaban J connectivity index is 1.80. The number of hydrogen-bond donors (Lipinski definition) is 1. The maximum atomic E-state index is 13.5. The fraction of sp³-hybridized carbons (Fsp3) is 0.333. The molecule has 1 fully saturated rings. The number of ketones is 1. The van der Waals surface area contributed by atoms with E-state index in [1.54, 1.807) is 62.4 Å². The Morgan fingerprint density at radius 2 is 1.62 bits per heavy atom. The second-order valence-electron chi connectivity index (χ2n) is 9.03. The number of Topliss-reactive ketones (excluding diaryl/α,β-unsaturated/α-hetero) is 1.